The predicted molar refractivity (Wildman–Crippen MR) is 106 cm³/mol. The average molecular weight is 412 g/mol. The lowest BCUT2D eigenvalue weighted by molar-refractivity contribution is -0.131. The summed E-state index contributed by atoms with van der Waals surface area (Å²) in [6.45, 7) is 6.69. The molecule has 1 fully saturated rings. The summed E-state index contributed by atoms with van der Waals surface area (Å²) < 4.78 is 7.44. The van der Waals surface area contributed by atoms with Crippen molar-refractivity contribution in [1.82, 2.24) is 19.8 Å². The number of nitrogens with one attached hydrogen (secondary N) is 1. The van der Waals surface area contributed by atoms with Crippen LogP contribution in [-0.4, -0.2) is 38.7 Å². The van der Waals surface area contributed by atoms with Crippen molar-refractivity contribution in [3.63, 3.8) is 0 Å². The number of nitrogens with zero attached hydrogens (tertiary/aromatic N) is 3. The van der Waals surface area contributed by atoms with Crippen molar-refractivity contribution in [3.8, 4) is 5.13 Å². The van der Waals surface area contributed by atoms with Gasteiger partial charge < -0.3 is 9.73 Å². The lowest BCUT2D eigenvalue weighted by Crippen LogP contribution is -2.41. The summed E-state index contributed by atoms with van der Waals surface area (Å²) in [6, 6.07) is 4.52. The third kappa shape index (κ3) is 2.98. The molecule has 3 aromatic heterocycles. The molecule has 1 saturated heterocycles. The Morgan fingerprint density at radius 1 is 1.28 bits per heavy atom. The molecule has 9 heteroatoms. The molecule has 0 saturated carbocycles. The number of hydrogen-bond donors (Lipinski definition) is 1. The number of amides is 3. The Kier molecular flexibility index (Phi) is 4.42. The van der Waals surface area contributed by atoms with Crippen LogP contribution >= 0.6 is 11.3 Å². The van der Waals surface area contributed by atoms with Gasteiger partial charge in [-0.15, -0.1) is 11.3 Å². The minimum atomic E-state index is -1.33. The van der Waals surface area contributed by atoms with E-state index in [1.807, 2.05) is 23.8 Å². The van der Waals surface area contributed by atoms with E-state index >= 15 is 0 Å². The molecular formula is C20H20N4O4S. The molecule has 1 aliphatic heterocycles. The molecule has 0 bridgehead atoms. The van der Waals surface area contributed by atoms with Gasteiger partial charge in [-0.05, 0) is 45.9 Å². The molecule has 0 aliphatic carbocycles. The molecule has 4 heterocycles. The molecule has 1 unspecified atom stereocenters. The van der Waals surface area contributed by atoms with Crippen LogP contribution in [0.25, 0.3) is 5.13 Å². The third-order valence-corrected chi connectivity index (χ3v) is 5.91. The van der Waals surface area contributed by atoms with Gasteiger partial charge in [-0.25, -0.2) is 9.78 Å². The molecule has 1 atom stereocenters. The van der Waals surface area contributed by atoms with Crippen molar-refractivity contribution >= 4 is 29.1 Å². The molecule has 0 aromatic carbocycles. The van der Waals surface area contributed by atoms with Crippen LogP contribution < -0.4 is 5.32 Å². The normalized spacial score (nSPS) is 19.1. The van der Waals surface area contributed by atoms with Crippen LogP contribution in [0.1, 0.15) is 40.2 Å². The molecule has 3 amide bonds. The number of ketones is 1. The number of aryl methyl sites for hydroxylation is 2. The predicted octanol–water partition coefficient (Wildman–Crippen LogP) is 3.10. The van der Waals surface area contributed by atoms with E-state index in [1.165, 1.54) is 11.3 Å². The maximum Gasteiger partial charge on any atom is 0.325 e. The molecule has 8 nitrogen and oxygen atoms in total. The first kappa shape index (κ1) is 19.1. The second-order valence-corrected chi connectivity index (χ2v) is 8.09. The van der Waals surface area contributed by atoms with Crippen molar-refractivity contribution in [2.75, 3.05) is 6.54 Å². The highest BCUT2D eigenvalue weighted by Crippen LogP contribution is 2.30. The molecule has 150 valence electrons. The van der Waals surface area contributed by atoms with E-state index in [4.69, 9.17) is 4.42 Å². The van der Waals surface area contributed by atoms with Gasteiger partial charge in [0.2, 0.25) is 0 Å². The molecule has 29 heavy (non-hydrogen) atoms. The van der Waals surface area contributed by atoms with E-state index in [1.54, 1.807) is 38.2 Å². The van der Waals surface area contributed by atoms with Crippen LogP contribution in [-0.2, 0) is 10.3 Å². The third-order valence-electron chi connectivity index (χ3n) is 5.15. The number of thiazole rings is 1. The summed E-state index contributed by atoms with van der Waals surface area (Å²) in [5.41, 5.74) is 0.706. The number of imide groups is 1. The number of aromatic nitrogens is 2. The fourth-order valence-electron chi connectivity index (χ4n) is 3.61. The Morgan fingerprint density at radius 2 is 2.03 bits per heavy atom. The van der Waals surface area contributed by atoms with Gasteiger partial charge in [-0.2, -0.15) is 0 Å². The summed E-state index contributed by atoms with van der Waals surface area (Å²) in [4.78, 5) is 43.7. The van der Waals surface area contributed by atoms with Crippen molar-refractivity contribution in [2.45, 2.75) is 33.2 Å². The monoisotopic (exact) mass is 412 g/mol. The summed E-state index contributed by atoms with van der Waals surface area (Å²) in [7, 11) is 0. The summed E-state index contributed by atoms with van der Waals surface area (Å²) >= 11 is 1.46. The molecule has 0 radical (unpaired) electrons. The van der Waals surface area contributed by atoms with Gasteiger partial charge in [-0.3, -0.25) is 19.1 Å². The topological polar surface area (TPSA) is 97.4 Å². The summed E-state index contributed by atoms with van der Waals surface area (Å²) in [5, 5.41) is 5.27. The molecule has 4 rings (SSSR count). The molecule has 3 aromatic rings. The number of carbonyl (C=O) groups is 3. The fourth-order valence-corrected chi connectivity index (χ4v) is 4.36. The van der Waals surface area contributed by atoms with Gasteiger partial charge in [0, 0.05) is 28.5 Å². The first-order chi connectivity index (χ1) is 13.7. The lowest BCUT2D eigenvalue weighted by atomic mass is 9.99. The van der Waals surface area contributed by atoms with Crippen LogP contribution in [0.4, 0.5) is 4.79 Å². The zero-order valence-electron chi connectivity index (χ0n) is 16.5. The van der Waals surface area contributed by atoms with Gasteiger partial charge in [-0.1, -0.05) is 0 Å². The number of urea groups is 1. The Balaban J connectivity index is 1.60. The number of Topliss-reactive ketones (excluding diaryl/α,β-unsaturated/α-hetero) is 1. The SMILES string of the molecule is Cc1ccc(C2(C)NC(=O)N(CC(=O)c3cc(C)n(-c4nccs4)c3C)C2=O)o1. The Labute approximate surface area is 171 Å². The van der Waals surface area contributed by atoms with E-state index in [2.05, 4.69) is 10.3 Å². The zero-order chi connectivity index (χ0) is 20.9. The number of hydrogen-bond acceptors (Lipinski definition) is 6. The largest absolute Gasteiger partial charge is 0.463 e. The zero-order valence-corrected chi connectivity index (χ0v) is 17.3. The number of rotatable bonds is 5. The molecule has 0 spiro atoms. The van der Waals surface area contributed by atoms with Gasteiger partial charge in [0.15, 0.2) is 16.5 Å². The van der Waals surface area contributed by atoms with Gasteiger partial charge in [0.1, 0.15) is 11.5 Å². The van der Waals surface area contributed by atoms with E-state index in [0.717, 1.165) is 21.4 Å². The highest BCUT2D eigenvalue weighted by molar-refractivity contribution is 7.12. The van der Waals surface area contributed by atoms with Crippen molar-refractivity contribution in [2.24, 2.45) is 0 Å². The highest BCUT2D eigenvalue weighted by atomic mass is 32.1. The smallest absolute Gasteiger partial charge is 0.325 e. The average Bonchev–Trinajstić information content (AvgIpc) is 3.42. The quantitative estimate of drug-likeness (QED) is 0.513. The van der Waals surface area contributed by atoms with Crippen LogP contribution in [0.2, 0.25) is 0 Å². The Bertz CT molecular complexity index is 1130. The molecular weight excluding hydrogens is 392 g/mol. The first-order valence-electron chi connectivity index (χ1n) is 9.05. The number of furan rings is 1. The van der Waals surface area contributed by atoms with Crippen LogP contribution in [0.3, 0.4) is 0 Å². The van der Waals surface area contributed by atoms with Crippen molar-refractivity contribution < 1.29 is 18.8 Å². The van der Waals surface area contributed by atoms with E-state index in [-0.39, 0.29) is 12.3 Å². The maximum absolute atomic E-state index is 13.0. The van der Waals surface area contributed by atoms with Gasteiger partial charge in [0.05, 0.1) is 6.54 Å². The second-order valence-electron chi connectivity index (χ2n) is 7.21. The van der Waals surface area contributed by atoms with Gasteiger partial charge >= 0.3 is 6.03 Å². The number of carbonyl (C=O) groups excluding carboxylic acids is 3. The van der Waals surface area contributed by atoms with Crippen molar-refractivity contribution in [1.29, 1.82) is 0 Å². The lowest BCUT2D eigenvalue weighted by Gasteiger charge is -2.18. The summed E-state index contributed by atoms with van der Waals surface area (Å²) in [5.74, 6) is 0.140. The van der Waals surface area contributed by atoms with Crippen LogP contribution in [0.15, 0.2) is 34.2 Å². The van der Waals surface area contributed by atoms with Crippen LogP contribution in [0.5, 0.6) is 0 Å². The van der Waals surface area contributed by atoms with E-state index in [0.29, 0.717) is 17.1 Å². The fraction of sp³-hybridized carbons (Fsp3) is 0.300. The minimum Gasteiger partial charge on any atom is -0.463 e. The summed E-state index contributed by atoms with van der Waals surface area (Å²) in [6.07, 6.45) is 1.70. The van der Waals surface area contributed by atoms with Crippen molar-refractivity contribution in [3.05, 3.63) is 58.2 Å². The molecule has 1 N–H and O–H groups in total. The minimum absolute atomic E-state index is 0.315. The molecule has 1 aliphatic rings. The standard InChI is InChI=1S/C20H20N4O4S/c1-11-9-14(13(3)24(11)19-21-7-8-29-19)15(25)10-23-17(26)20(4,22-18(23)27)16-6-5-12(2)28-16/h5-9H,10H2,1-4H3,(H,22,27). The maximum atomic E-state index is 13.0. The second kappa shape index (κ2) is 6.70. The Hall–Kier alpha value is -3.20. The first-order valence-corrected chi connectivity index (χ1v) is 9.93. The van der Waals surface area contributed by atoms with Crippen LogP contribution in [0, 0.1) is 20.8 Å². The van der Waals surface area contributed by atoms with E-state index < -0.39 is 17.5 Å². The Morgan fingerprint density at radius 3 is 2.66 bits per heavy atom. The van der Waals surface area contributed by atoms with Gasteiger partial charge in [0.25, 0.3) is 5.91 Å². The van der Waals surface area contributed by atoms with E-state index in [9.17, 15) is 14.4 Å². The highest BCUT2D eigenvalue weighted by Gasteiger charge is 2.51.